The minimum atomic E-state index is -4.43. The predicted octanol–water partition coefficient (Wildman–Crippen LogP) is 3.59. The molecule has 1 atom stereocenters. The maximum Gasteiger partial charge on any atom is 0.416 e. The molecule has 8 heteroatoms. The van der Waals surface area contributed by atoms with Crippen molar-refractivity contribution in [3.63, 3.8) is 0 Å². The maximum absolute atomic E-state index is 13.2. The average molecular weight is 398 g/mol. The molecule has 146 valence electrons. The normalized spacial score (nSPS) is 14.9. The lowest BCUT2D eigenvalue weighted by Gasteiger charge is -2.35. The number of β-amino-alcohol motifs (C(OH)–C–C–N with tert-alkyl or cyclic N) is 1. The zero-order valence-electron chi connectivity index (χ0n) is 14.8. The van der Waals surface area contributed by atoms with Crippen LogP contribution in [-0.2, 0) is 6.18 Å². The summed E-state index contributed by atoms with van der Waals surface area (Å²) in [7, 11) is 1.77. The molecule has 1 aliphatic rings. The molecule has 2 aromatic carbocycles. The summed E-state index contributed by atoms with van der Waals surface area (Å²) in [6, 6.07) is 11.2. The van der Waals surface area contributed by atoms with Gasteiger partial charge in [-0.2, -0.15) is 13.2 Å². The van der Waals surface area contributed by atoms with Crippen LogP contribution in [0.25, 0.3) is 0 Å². The first-order valence-electron chi connectivity index (χ1n) is 8.52. The summed E-state index contributed by atoms with van der Waals surface area (Å²) >= 11 is 1.42. The summed E-state index contributed by atoms with van der Waals surface area (Å²) in [6.07, 6.45) is -5.22. The standard InChI is InChI=1S/C19H21F3N2O2S/c1-23(8-9-25)11-14(26)12-24-15-4-2-3-5-17(15)27-18-7-6-13(10-16(18)24)19(20,21)22/h2-7,10,14,25-26H,8-9,11-12H2,1H3. The molecule has 0 bridgehead atoms. The van der Waals surface area contributed by atoms with Gasteiger partial charge in [-0.05, 0) is 37.4 Å². The van der Waals surface area contributed by atoms with E-state index in [0.29, 0.717) is 18.8 Å². The van der Waals surface area contributed by atoms with Crippen LogP contribution in [0.15, 0.2) is 52.3 Å². The lowest BCUT2D eigenvalue weighted by atomic mass is 10.1. The second-order valence-corrected chi connectivity index (χ2v) is 7.58. The molecule has 0 amide bonds. The Morgan fingerprint density at radius 3 is 2.52 bits per heavy atom. The fourth-order valence-corrected chi connectivity index (χ4v) is 4.17. The summed E-state index contributed by atoms with van der Waals surface area (Å²) in [5, 5.41) is 19.5. The van der Waals surface area contributed by atoms with E-state index in [0.717, 1.165) is 27.6 Å². The fourth-order valence-electron chi connectivity index (χ4n) is 3.09. The molecule has 3 rings (SSSR count). The Balaban J connectivity index is 1.94. The minimum absolute atomic E-state index is 0.0236. The predicted molar refractivity (Wildman–Crippen MR) is 99.6 cm³/mol. The van der Waals surface area contributed by atoms with Crippen molar-refractivity contribution in [1.82, 2.24) is 4.90 Å². The maximum atomic E-state index is 13.2. The third-order valence-electron chi connectivity index (χ3n) is 4.35. The molecule has 0 radical (unpaired) electrons. The topological polar surface area (TPSA) is 46.9 Å². The molecule has 0 saturated heterocycles. The first-order valence-corrected chi connectivity index (χ1v) is 9.34. The number of para-hydroxylation sites is 1. The van der Waals surface area contributed by atoms with Gasteiger partial charge in [-0.15, -0.1) is 0 Å². The van der Waals surface area contributed by atoms with Gasteiger partial charge in [0.2, 0.25) is 0 Å². The summed E-state index contributed by atoms with van der Waals surface area (Å²) in [5.41, 5.74) is 0.508. The zero-order chi connectivity index (χ0) is 19.6. The number of alkyl halides is 3. The van der Waals surface area contributed by atoms with Gasteiger partial charge >= 0.3 is 6.18 Å². The number of benzene rings is 2. The van der Waals surface area contributed by atoms with Gasteiger partial charge < -0.3 is 20.0 Å². The number of hydrogen-bond donors (Lipinski definition) is 2. The number of aliphatic hydroxyl groups is 2. The molecule has 0 spiro atoms. The first-order chi connectivity index (χ1) is 12.8. The van der Waals surface area contributed by atoms with Crippen molar-refractivity contribution in [2.45, 2.75) is 22.1 Å². The van der Waals surface area contributed by atoms with E-state index in [9.17, 15) is 18.3 Å². The Hall–Kier alpha value is -1.74. The second kappa shape index (κ2) is 8.10. The van der Waals surface area contributed by atoms with Crippen LogP contribution in [0.3, 0.4) is 0 Å². The molecular formula is C19H21F3N2O2S. The summed E-state index contributed by atoms with van der Waals surface area (Å²) in [4.78, 5) is 5.18. The fraction of sp³-hybridized carbons (Fsp3) is 0.368. The van der Waals surface area contributed by atoms with Crippen molar-refractivity contribution in [2.24, 2.45) is 0 Å². The monoisotopic (exact) mass is 398 g/mol. The number of aliphatic hydroxyl groups excluding tert-OH is 2. The number of anilines is 2. The number of fused-ring (bicyclic) bond motifs is 2. The summed E-state index contributed by atoms with van der Waals surface area (Å²) in [5.74, 6) is 0. The molecule has 2 N–H and O–H groups in total. The molecule has 1 heterocycles. The number of rotatable bonds is 6. The van der Waals surface area contributed by atoms with Crippen LogP contribution in [0, 0.1) is 0 Å². The number of nitrogens with zero attached hydrogens (tertiary/aromatic N) is 2. The third-order valence-corrected chi connectivity index (χ3v) is 5.48. The van der Waals surface area contributed by atoms with Gasteiger partial charge in [0.05, 0.1) is 36.2 Å². The van der Waals surface area contributed by atoms with Crippen LogP contribution < -0.4 is 4.90 Å². The molecule has 1 unspecified atom stereocenters. The lowest BCUT2D eigenvalue weighted by molar-refractivity contribution is -0.137. The van der Waals surface area contributed by atoms with Gasteiger partial charge in [-0.3, -0.25) is 0 Å². The van der Waals surface area contributed by atoms with Crippen molar-refractivity contribution in [2.75, 3.05) is 38.2 Å². The number of likely N-dealkylation sites (N-methyl/N-ethyl adjacent to an activating group) is 1. The number of halogens is 3. The van der Waals surface area contributed by atoms with E-state index in [1.54, 1.807) is 16.8 Å². The Kier molecular flexibility index (Phi) is 6.00. The number of hydrogen-bond acceptors (Lipinski definition) is 5. The van der Waals surface area contributed by atoms with Crippen LogP contribution in [0.2, 0.25) is 0 Å². The van der Waals surface area contributed by atoms with Gasteiger partial charge in [0.25, 0.3) is 0 Å². The molecule has 0 fully saturated rings. The van der Waals surface area contributed by atoms with Crippen LogP contribution in [0.4, 0.5) is 24.5 Å². The quantitative estimate of drug-likeness (QED) is 0.779. The molecule has 27 heavy (non-hydrogen) atoms. The second-order valence-electron chi connectivity index (χ2n) is 6.50. The average Bonchev–Trinajstić information content (AvgIpc) is 2.60. The Morgan fingerprint density at radius 1 is 1.11 bits per heavy atom. The molecule has 0 saturated carbocycles. The Labute approximate surface area is 160 Å². The van der Waals surface area contributed by atoms with E-state index in [1.165, 1.54) is 17.8 Å². The van der Waals surface area contributed by atoms with Crippen molar-refractivity contribution in [3.8, 4) is 0 Å². The lowest BCUT2D eigenvalue weighted by Crippen LogP contribution is -2.39. The highest BCUT2D eigenvalue weighted by molar-refractivity contribution is 7.99. The zero-order valence-corrected chi connectivity index (χ0v) is 15.6. The van der Waals surface area contributed by atoms with E-state index in [4.69, 9.17) is 5.11 Å². The van der Waals surface area contributed by atoms with Crippen molar-refractivity contribution in [1.29, 1.82) is 0 Å². The van der Waals surface area contributed by atoms with Crippen molar-refractivity contribution >= 4 is 23.1 Å². The van der Waals surface area contributed by atoms with E-state index < -0.39 is 17.8 Å². The molecule has 4 nitrogen and oxygen atoms in total. The van der Waals surface area contributed by atoms with E-state index >= 15 is 0 Å². The Bertz CT molecular complexity index is 801. The molecule has 0 aromatic heterocycles. The highest BCUT2D eigenvalue weighted by atomic mass is 32.2. The van der Waals surface area contributed by atoms with Crippen molar-refractivity contribution in [3.05, 3.63) is 48.0 Å². The molecule has 1 aliphatic heterocycles. The molecule has 2 aromatic rings. The highest BCUT2D eigenvalue weighted by Crippen LogP contribution is 2.49. The van der Waals surface area contributed by atoms with Gasteiger partial charge in [0, 0.05) is 22.9 Å². The van der Waals surface area contributed by atoms with E-state index in [2.05, 4.69) is 0 Å². The first kappa shape index (κ1) is 20.0. The Morgan fingerprint density at radius 2 is 1.81 bits per heavy atom. The van der Waals surface area contributed by atoms with Gasteiger partial charge in [-0.25, -0.2) is 0 Å². The molecular weight excluding hydrogens is 377 g/mol. The minimum Gasteiger partial charge on any atom is -0.395 e. The summed E-state index contributed by atoms with van der Waals surface area (Å²) < 4.78 is 39.6. The van der Waals surface area contributed by atoms with Crippen LogP contribution in [0.1, 0.15) is 5.56 Å². The van der Waals surface area contributed by atoms with Crippen molar-refractivity contribution < 1.29 is 23.4 Å². The van der Waals surface area contributed by atoms with Crippen LogP contribution >= 0.6 is 11.8 Å². The highest BCUT2D eigenvalue weighted by Gasteiger charge is 2.33. The van der Waals surface area contributed by atoms with Gasteiger partial charge in [0.1, 0.15) is 0 Å². The van der Waals surface area contributed by atoms with Gasteiger partial charge in [0.15, 0.2) is 0 Å². The largest absolute Gasteiger partial charge is 0.416 e. The van der Waals surface area contributed by atoms with Crippen LogP contribution in [0.5, 0.6) is 0 Å². The smallest absolute Gasteiger partial charge is 0.395 e. The molecule has 0 aliphatic carbocycles. The SMILES string of the molecule is CN(CCO)CC(O)CN1c2ccccc2Sc2ccc(C(F)(F)F)cc21. The van der Waals surface area contributed by atoms with E-state index in [1.807, 2.05) is 24.3 Å². The van der Waals surface area contributed by atoms with E-state index in [-0.39, 0.29) is 13.2 Å². The van der Waals surface area contributed by atoms with Gasteiger partial charge in [-0.1, -0.05) is 23.9 Å². The third kappa shape index (κ3) is 4.57. The summed E-state index contributed by atoms with van der Waals surface area (Å²) in [6.45, 7) is 0.852. The van der Waals surface area contributed by atoms with Crippen LogP contribution in [-0.4, -0.2) is 54.5 Å².